The molecule has 5 rings (SSSR count). The summed E-state index contributed by atoms with van der Waals surface area (Å²) in [5.74, 6) is 1.53. The van der Waals surface area contributed by atoms with Crippen LogP contribution in [-0.2, 0) is 13.2 Å². The zero-order valence-electron chi connectivity index (χ0n) is 14.6. The van der Waals surface area contributed by atoms with Gasteiger partial charge in [0.05, 0.1) is 15.7 Å². The Morgan fingerprint density at radius 3 is 2.70 bits per heavy atom. The Kier molecular flexibility index (Phi) is 4.16. The maximum Gasteiger partial charge on any atom is 0.136 e. The van der Waals surface area contributed by atoms with Crippen molar-refractivity contribution in [1.29, 1.82) is 0 Å². The Hall–Kier alpha value is -2.67. The number of aromatic nitrogens is 5. The molecule has 2 aromatic heterocycles. The fourth-order valence-corrected chi connectivity index (χ4v) is 3.63. The molecule has 1 saturated carbocycles. The van der Waals surface area contributed by atoms with Crippen molar-refractivity contribution in [2.45, 2.75) is 26.0 Å². The minimum absolute atomic E-state index is 0.486. The first-order valence-electron chi connectivity index (χ1n) is 9.01. The Bertz CT molecular complexity index is 1070. The smallest absolute Gasteiger partial charge is 0.136 e. The van der Waals surface area contributed by atoms with Crippen LogP contribution in [0.4, 0.5) is 0 Å². The van der Waals surface area contributed by atoms with Crippen molar-refractivity contribution in [3.8, 4) is 11.4 Å². The van der Waals surface area contributed by atoms with Crippen molar-refractivity contribution in [2.24, 2.45) is 5.92 Å². The largest absolute Gasteiger partial charge is 0.488 e. The van der Waals surface area contributed by atoms with E-state index in [1.54, 1.807) is 6.20 Å². The molecular formula is C20H18BrN5O. The van der Waals surface area contributed by atoms with E-state index in [1.165, 1.54) is 12.8 Å². The molecule has 136 valence electrons. The zero-order valence-corrected chi connectivity index (χ0v) is 16.2. The Balaban J connectivity index is 1.31. The highest BCUT2D eigenvalue weighted by molar-refractivity contribution is 9.10. The molecule has 0 saturated heterocycles. The Morgan fingerprint density at radius 1 is 1.11 bits per heavy atom. The maximum atomic E-state index is 6.02. The standard InChI is InChI=1S/C20H18BrN5O/c21-19-18(9-8-17-20(19)23-24-26(17)12-14-2-3-14)27-13-15-4-6-16(7-5-15)25-11-1-10-22-25/h1,4-11,14H,2-3,12-13H2. The lowest BCUT2D eigenvalue weighted by Gasteiger charge is -2.10. The number of hydrogen-bond donors (Lipinski definition) is 0. The lowest BCUT2D eigenvalue weighted by Crippen LogP contribution is -2.01. The predicted molar refractivity (Wildman–Crippen MR) is 106 cm³/mol. The molecule has 0 atom stereocenters. The van der Waals surface area contributed by atoms with Gasteiger partial charge in [0.25, 0.3) is 0 Å². The first-order chi connectivity index (χ1) is 13.3. The molecule has 0 bridgehead atoms. The van der Waals surface area contributed by atoms with E-state index in [0.717, 1.165) is 45.0 Å². The van der Waals surface area contributed by atoms with Gasteiger partial charge >= 0.3 is 0 Å². The van der Waals surface area contributed by atoms with Gasteiger partial charge in [-0.25, -0.2) is 9.36 Å². The molecular weight excluding hydrogens is 406 g/mol. The third-order valence-corrected chi connectivity index (χ3v) is 5.58. The predicted octanol–water partition coefficient (Wildman–Crippen LogP) is 4.37. The number of ether oxygens (including phenoxy) is 1. The van der Waals surface area contributed by atoms with E-state index in [-0.39, 0.29) is 0 Å². The monoisotopic (exact) mass is 423 g/mol. The number of rotatable bonds is 6. The van der Waals surface area contributed by atoms with Gasteiger partial charge in [-0.3, -0.25) is 0 Å². The van der Waals surface area contributed by atoms with Crippen LogP contribution in [0, 0.1) is 5.92 Å². The van der Waals surface area contributed by atoms with Gasteiger partial charge < -0.3 is 4.74 Å². The highest BCUT2D eigenvalue weighted by Gasteiger charge is 2.23. The van der Waals surface area contributed by atoms with Gasteiger partial charge in [0, 0.05) is 18.9 Å². The molecule has 27 heavy (non-hydrogen) atoms. The third-order valence-electron chi connectivity index (χ3n) is 4.82. The topological polar surface area (TPSA) is 57.8 Å². The van der Waals surface area contributed by atoms with Crippen LogP contribution in [0.15, 0.2) is 59.3 Å². The van der Waals surface area contributed by atoms with E-state index in [0.29, 0.717) is 6.61 Å². The number of halogens is 1. The van der Waals surface area contributed by atoms with Crippen LogP contribution in [0.3, 0.4) is 0 Å². The molecule has 2 aromatic carbocycles. The summed E-state index contributed by atoms with van der Waals surface area (Å²) in [4.78, 5) is 0. The number of hydrogen-bond acceptors (Lipinski definition) is 4. The maximum absolute atomic E-state index is 6.02. The van der Waals surface area contributed by atoms with Gasteiger partial charge in [-0.15, -0.1) is 5.10 Å². The number of benzene rings is 2. The Labute approximate surface area is 164 Å². The second kappa shape index (κ2) is 6.81. The molecule has 0 N–H and O–H groups in total. The molecule has 1 fully saturated rings. The summed E-state index contributed by atoms with van der Waals surface area (Å²) in [7, 11) is 0. The second-order valence-corrected chi connectivity index (χ2v) is 7.66. The van der Waals surface area contributed by atoms with E-state index in [4.69, 9.17) is 4.74 Å². The van der Waals surface area contributed by atoms with Gasteiger partial charge in [-0.2, -0.15) is 5.10 Å². The molecule has 2 heterocycles. The van der Waals surface area contributed by atoms with E-state index < -0.39 is 0 Å². The highest BCUT2D eigenvalue weighted by Crippen LogP contribution is 2.35. The molecule has 4 aromatic rings. The lowest BCUT2D eigenvalue weighted by molar-refractivity contribution is 0.304. The average Bonchev–Trinajstić information content (AvgIpc) is 3.17. The summed E-state index contributed by atoms with van der Waals surface area (Å²) >= 11 is 3.64. The molecule has 1 aliphatic carbocycles. The van der Waals surface area contributed by atoms with Crippen LogP contribution >= 0.6 is 15.9 Å². The fourth-order valence-electron chi connectivity index (χ4n) is 3.11. The Morgan fingerprint density at radius 2 is 1.96 bits per heavy atom. The van der Waals surface area contributed by atoms with Gasteiger partial charge in [0.1, 0.15) is 17.9 Å². The minimum atomic E-state index is 0.486. The zero-order chi connectivity index (χ0) is 18.2. The van der Waals surface area contributed by atoms with Gasteiger partial charge in [0.15, 0.2) is 0 Å². The fraction of sp³-hybridized carbons (Fsp3) is 0.250. The molecule has 0 aliphatic heterocycles. The quantitative estimate of drug-likeness (QED) is 0.461. The van der Waals surface area contributed by atoms with Crippen molar-refractivity contribution >= 4 is 27.0 Å². The van der Waals surface area contributed by atoms with Crippen LogP contribution in [0.25, 0.3) is 16.7 Å². The molecule has 0 amide bonds. The van der Waals surface area contributed by atoms with Gasteiger partial charge in [-0.05, 0) is 70.6 Å². The van der Waals surface area contributed by atoms with Gasteiger partial charge in [-0.1, -0.05) is 17.3 Å². The first kappa shape index (κ1) is 16.5. The number of fused-ring (bicyclic) bond motifs is 1. The van der Waals surface area contributed by atoms with E-state index >= 15 is 0 Å². The van der Waals surface area contributed by atoms with Gasteiger partial charge in [0.2, 0.25) is 0 Å². The summed E-state index contributed by atoms with van der Waals surface area (Å²) in [5, 5.41) is 12.9. The molecule has 0 radical (unpaired) electrons. The van der Waals surface area contributed by atoms with Crippen molar-refractivity contribution in [1.82, 2.24) is 24.8 Å². The minimum Gasteiger partial charge on any atom is -0.488 e. The first-order valence-corrected chi connectivity index (χ1v) is 9.81. The SMILES string of the molecule is Brc1c(OCc2ccc(-n3cccn3)cc2)ccc2c1nnn2CC1CC1. The molecule has 7 heteroatoms. The van der Waals surface area contributed by atoms with Crippen molar-refractivity contribution < 1.29 is 4.74 Å². The van der Waals surface area contributed by atoms with Crippen LogP contribution in [0.2, 0.25) is 0 Å². The summed E-state index contributed by atoms with van der Waals surface area (Å²) in [5.41, 5.74) is 4.01. The summed E-state index contributed by atoms with van der Waals surface area (Å²) in [6.45, 7) is 1.44. The van der Waals surface area contributed by atoms with E-state index in [2.05, 4.69) is 43.5 Å². The average molecular weight is 424 g/mol. The van der Waals surface area contributed by atoms with E-state index in [9.17, 15) is 0 Å². The molecule has 6 nitrogen and oxygen atoms in total. The van der Waals surface area contributed by atoms with Crippen molar-refractivity contribution in [3.63, 3.8) is 0 Å². The highest BCUT2D eigenvalue weighted by atomic mass is 79.9. The molecule has 0 unspecified atom stereocenters. The van der Waals surface area contributed by atoms with E-state index in [1.807, 2.05) is 45.9 Å². The molecule has 0 spiro atoms. The third kappa shape index (κ3) is 3.35. The number of nitrogens with zero attached hydrogens (tertiary/aromatic N) is 5. The van der Waals surface area contributed by atoms with Crippen LogP contribution in [-0.4, -0.2) is 24.8 Å². The summed E-state index contributed by atoms with van der Waals surface area (Å²) in [6.07, 6.45) is 6.28. The van der Waals surface area contributed by atoms with Crippen LogP contribution < -0.4 is 4.74 Å². The molecule has 1 aliphatic rings. The van der Waals surface area contributed by atoms with Crippen LogP contribution in [0.5, 0.6) is 5.75 Å². The summed E-state index contributed by atoms with van der Waals surface area (Å²) < 4.78 is 10.7. The lowest BCUT2D eigenvalue weighted by atomic mass is 10.2. The second-order valence-electron chi connectivity index (χ2n) is 6.87. The normalized spacial score (nSPS) is 14.0. The van der Waals surface area contributed by atoms with Crippen molar-refractivity contribution in [2.75, 3.05) is 0 Å². The van der Waals surface area contributed by atoms with Crippen molar-refractivity contribution in [3.05, 3.63) is 64.9 Å². The summed E-state index contributed by atoms with van der Waals surface area (Å²) in [6, 6.07) is 14.1. The van der Waals surface area contributed by atoms with Crippen LogP contribution in [0.1, 0.15) is 18.4 Å².